The Morgan fingerprint density at radius 2 is 0.283 bits per heavy atom. The van der Waals surface area contributed by atoms with Crippen LogP contribution in [0.5, 0.6) is 0 Å². The van der Waals surface area contributed by atoms with Crippen LogP contribution < -0.4 is 0 Å². The van der Waals surface area contributed by atoms with Gasteiger partial charge in [-0.2, -0.15) is 228 Å². The van der Waals surface area contributed by atoms with E-state index in [9.17, 15) is 245 Å². The molecule has 0 bridgehead atoms. The predicted molar refractivity (Wildman–Crippen MR) is 250 cm³/mol. The molecule has 1 heterocycles. The smallest absolute Gasteiger partial charge is 0.301 e. The van der Waals surface area contributed by atoms with Crippen molar-refractivity contribution in [2.45, 2.75) is 153 Å². The first kappa shape index (κ1) is 101. The van der Waals surface area contributed by atoms with Crippen LogP contribution in [0.1, 0.15) is 12.8 Å². The normalized spacial score (nSPS) is 19.7. The van der Waals surface area contributed by atoms with Crippen molar-refractivity contribution in [2.24, 2.45) is 0 Å². The van der Waals surface area contributed by atoms with Crippen LogP contribution in [0.4, 0.5) is 228 Å². The van der Waals surface area contributed by atoms with Crippen molar-refractivity contribution < 1.29 is 245 Å². The second-order valence-corrected chi connectivity index (χ2v) is 28.0. The number of hydrogen-bond donors (Lipinski definition) is 0. The van der Waals surface area contributed by atoms with E-state index in [1.807, 2.05) is 0 Å². The number of nitrogens with zero attached hydrogens (tertiary/aromatic N) is 4. The Balaban J connectivity index is 4.35. The maximum absolute atomic E-state index is 14.9. The van der Waals surface area contributed by atoms with Gasteiger partial charge in [-0.05, 0) is 39.0 Å². The number of rotatable bonds is 32. The molecule has 0 N–H and O–H groups in total. The predicted octanol–water partition coefficient (Wildman–Crippen LogP) is 15.8. The van der Waals surface area contributed by atoms with Crippen LogP contribution in [0.2, 0.25) is 0 Å². The van der Waals surface area contributed by atoms with E-state index >= 15 is 0 Å². The van der Waals surface area contributed by atoms with E-state index in [2.05, 4.69) is 0 Å². The lowest BCUT2D eigenvalue weighted by Gasteiger charge is -2.39. The minimum atomic E-state index is -8.74. The van der Waals surface area contributed by atoms with Crippen molar-refractivity contribution >= 4 is 43.2 Å². The van der Waals surface area contributed by atoms with Crippen LogP contribution in [0.25, 0.3) is 0 Å². The summed E-state index contributed by atoms with van der Waals surface area (Å²) in [4.78, 5) is -0.0958. The summed E-state index contributed by atoms with van der Waals surface area (Å²) in [6, 6.07) is 0. The van der Waals surface area contributed by atoms with Gasteiger partial charge in [0.05, 0.1) is 43.2 Å². The molecule has 0 spiro atoms. The van der Waals surface area contributed by atoms with Gasteiger partial charge in [0, 0.05) is 75.4 Å². The minimum absolute atomic E-state index is 0.0239. The first-order valence-corrected chi connectivity index (χ1v) is 31.5. The van der Waals surface area contributed by atoms with Crippen molar-refractivity contribution in [3.63, 3.8) is 0 Å². The topological polar surface area (TPSA) is 81.2 Å². The molecule has 4 atom stereocenters. The Morgan fingerprint density at radius 3 is 0.396 bits per heavy atom. The maximum atomic E-state index is 14.9. The molecule has 636 valence electrons. The fourth-order valence-corrected chi connectivity index (χ4v) is 12.3. The Hall–Kier alpha value is -3.20. The summed E-state index contributed by atoms with van der Waals surface area (Å²) in [5, 5.41) is -30.4. The monoisotopic (exact) mass is 1780 g/mol. The van der Waals surface area contributed by atoms with Crippen molar-refractivity contribution in [1.82, 2.24) is 19.6 Å². The van der Waals surface area contributed by atoms with Gasteiger partial charge in [-0.25, -0.2) is 0 Å². The molecular formula is C42H36F52N4O4S4. The average molecular weight is 1780 g/mol. The first-order chi connectivity index (χ1) is 46.0. The van der Waals surface area contributed by atoms with E-state index in [-0.39, 0.29) is 19.6 Å². The third kappa shape index (κ3) is 17.0. The summed E-state index contributed by atoms with van der Waals surface area (Å²) in [7, 11) is -22.2. The Kier molecular flexibility index (Phi) is 29.4. The SMILES string of the molecule is O=S(CCN1CCCN(CCS(=O)C(F)(F)C(F)(F)C(F)(F)C(F)(F)C(F)(F)C(F)(F)F)CCN(CCS(=O)C(F)(F)C(F)(F)C(F)(F)C(F)(F)C(F)(F)C(F)(F)F)CCCN(CCS(=O)C(F)(F)C(F)(F)C(F)(F)C(F)(F)C(F)(F)C(F)(F)F)CC1)C(F)(F)C(F)(F)C(F)(F)C(F)(F)C(F)(F)C(F)(F)F. The summed E-state index contributed by atoms with van der Waals surface area (Å²) in [5.41, 5.74) is 0. The lowest BCUT2D eigenvalue weighted by atomic mass is 9.98. The van der Waals surface area contributed by atoms with Gasteiger partial charge in [0.15, 0.2) is 0 Å². The van der Waals surface area contributed by atoms with E-state index in [0.29, 0.717) is 0 Å². The molecule has 0 radical (unpaired) electrons. The lowest BCUT2D eigenvalue weighted by molar-refractivity contribution is -0.433. The zero-order valence-corrected chi connectivity index (χ0v) is 52.7. The minimum Gasteiger partial charge on any atom is -0.301 e. The van der Waals surface area contributed by atoms with Crippen LogP contribution >= 0.6 is 0 Å². The fraction of sp³-hybridized carbons (Fsp3) is 1.00. The van der Waals surface area contributed by atoms with Gasteiger partial charge in [-0.15, -0.1) is 0 Å². The summed E-state index contributed by atoms with van der Waals surface area (Å²) < 4.78 is 772. The highest BCUT2D eigenvalue weighted by Crippen LogP contribution is 2.66. The summed E-state index contributed by atoms with van der Waals surface area (Å²) in [5.74, 6) is -148. The van der Waals surface area contributed by atoms with Crippen LogP contribution in [0.3, 0.4) is 0 Å². The van der Waals surface area contributed by atoms with E-state index in [0.717, 1.165) is 0 Å². The highest BCUT2D eigenvalue weighted by molar-refractivity contribution is 7.87. The van der Waals surface area contributed by atoms with Gasteiger partial charge in [0.25, 0.3) is 0 Å². The lowest BCUT2D eigenvalue weighted by Crippen LogP contribution is -2.70. The molecule has 4 unspecified atom stereocenters. The molecule has 1 saturated heterocycles. The molecule has 0 aromatic carbocycles. The van der Waals surface area contributed by atoms with Crippen LogP contribution in [-0.2, 0) is 43.2 Å². The Bertz CT molecular complexity index is 2660. The zero-order valence-electron chi connectivity index (χ0n) is 49.4. The van der Waals surface area contributed by atoms with Crippen molar-refractivity contribution in [1.29, 1.82) is 0 Å². The summed E-state index contributed by atoms with van der Waals surface area (Å²) in [6.07, 6.45) is -35.2. The van der Waals surface area contributed by atoms with Gasteiger partial charge in [-0.1, -0.05) is 0 Å². The first-order valence-electron chi connectivity index (χ1n) is 26.3. The molecule has 1 aliphatic heterocycles. The van der Waals surface area contributed by atoms with Gasteiger partial charge < -0.3 is 19.6 Å². The van der Waals surface area contributed by atoms with E-state index in [1.165, 1.54) is 0 Å². The molecule has 1 aliphatic rings. The molecule has 1 rings (SSSR count). The largest absolute Gasteiger partial charge is 0.460 e. The molecule has 0 amide bonds. The molecule has 1 fully saturated rings. The summed E-state index contributed by atoms with van der Waals surface area (Å²) >= 11 is 0. The Labute approximate surface area is 562 Å². The molecule has 0 aromatic heterocycles. The fourth-order valence-electron chi connectivity index (χ4n) is 7.90. The van der Waals surface area contributed by atoms with Gasteiger partial charge in [0.2, 0.25) is 0 Å². The molecule has 0 aliphatic carbocycles. The number of halogens is 52. The summed E-state index contributed by atoms with van der Waals surface area (Å²) in [6.45, 7) is -21.5. The highest BCUT2D eigenvalue weighted by atomic mass is 32.2. The standard InChI is InChI=1S/C42H36F52N4O4S4/c43-19(44,27(59,60)35(75,76)77)23(51,52)31(67,68)39(87,88)103(99)15-11-95-3-1-4-96(12-16-104(100)40(89,90)32(69,70)24(53,54)20(45,46)28(61,62)36(78,79)80)8-10-98(14-18-106(102)42(93,94)34(73,74)26(57,58)22(49,50)30(65,66)38(84,85)86)6-2-5-97(9-7-95)13-17-105(101)41(91,92)33(71,72)25(55,56)21(47,48)29(63,64)37(81,82)83/h1-18H2. The van der Waals surface area contributed by atoms with Gasteiger partial charge in [-0.3, -0.25) is 16.8 Å². The second kappa shape index (κ2) is 31.0. The quantitative estimate of drug-likeness (QED) is 0.0616. The number of hydrogen-bond acceptors (Lipinski definition) is 8. The molecule has 64 heteroatoms. The molecule has 0 aromatic rings. The maximum Gasteiger partial charge on any atom is 0.460 e. The van der Waals surface area contributed by atoms with E-state index < -0.39 is 298 Å². The van der Waals surface area contributed by atoms with Crippen LogP contribution in [0, 0.1) is 0 Å². The molecule has 0 saturated carbocycles. The zero-order chi connectivity index (χ0) is 85.3. The third-order valence-electron chi connectivity index (χ3n) is 14.5. The van der Waals surface area contributed by atoms with Crippen molar-refractivity contribution in [2.75, 3.05) is 102 Å². The molecule has 106 heavy (non-hydrogen) atoms. The van der Waals surface area contributed by atoms with Crippen LogP contribution in [0.15, 0.2) is 0 Å². The second-order valence-electron chi connectivity index (χ2n) is 21.5. The highest BCUT2D eigenvalue weighted by Gasteiger charge is 2.96. The van der Waals surface area contributed by atoms with Gasteiger partial charge in [0.1, 0.15) is 0 Å². The Morgan fingerprint density at radius 1 is 0.170 bits per heavy atom. The van der Waals surface area contributed by atoms with E-state index in [1.54, 1.807) is 0 Å². The van der Waals surface area contributed by atoms with Crippen molar-refractivity contribution in [3.8, 4) is 0 Å². The van der Waals surface area contributed by atoms with Crippen molar-refractivity contribution in [3.05, 3.63) is 0 Å². The molecule has 8 nitrogen and oxygen atoms in total. The average Bonchev–Trinajstić information content (AvgIpc) is 0.727. The van der Waals surface area contributed by atoms with Gasteiger partial charge >= 0.3 is 140 Å². The molecular weight excluding hydrogens is 1740 g/mol. The van der Waals surface area contributed by atoms with Crippen LogP contribution in [-0.4, -0.2) is 278 Å². The number of alkyl halides is 52. The third-order valence-corrected chi connectivity index (χ3v) is 20.0. The van der Waals surface area contributed by atoms with E-state index in [4.69, 9.17) is 0 Å².